The Morgan fingerprint density at radius 2 is 2.28 bits per heavy atom. The first kappa shape index (κ1) is 14.0. The lowest BCUT2D eigenvalue weighted by atomic mass is 10.3. The van der Waals surface area contributed by atoms with E-state index < -0.39 is 5.97 Å². The standard InChI is InChI=1S/C12H17N3O3/c1-4-15(9-12(17)18-3)11(16)6-5-10-7-13-14(2)8-10/h5-8H,4,9H2,1-3H3/b6-5+. The SMILES string of the molecule is CCN(CC(=O)OC)C(=O)/C=C/c1cnn(C)c1. The Labute approximate surface area is 106 Å². The maximum absolute atomic E-state index is 11.8. The number of rotatable bonds is 5. The minimum absolute atomic E-state index is 0.0385. The largest absolute Gasteiger partial charge is 0.468 e. The summed E-state index contributed by atoms with van der Waals surface area (Å²) in [4.78, 5) is 24.3. The molecule has 0 unspecified atom stereocenters. The van der Waals surface area contributed by atoms with E-state index in [1.165, 1.54) is 18.1 Å². The van der Waals surface area contributed by atoms with Crippen LogP contribution < -0.4 is 0 Å². The summed E-state index contributed by atoms with van der Waals surface area (Å²) in [5, 5.41) is 3.99. The van der Waals surface area contributed by atoms with Crippen LogP contribution in [0.25, 0.3) is 6.08 Å². The Balaban J connectivity index is 2.62. The summed E-state index contributed by atoms with van der Waals surface area (Å²) in [5.74, 6) is -0.660. The number of nitrogens with zero attached hydrogens (tertiary/aromatic N) is 3. The molecule has 0 radical (unpaired) electrons. The molecule has 0 bridgehead atoms. The Bertz CT molecular complexity index is 451. The number of ether oxygens (including phenoxy) is 1. The lowest BCUT2D eigenvalue weighted by molar-refractivity contribution is -0.145. The van der Waals surface area contributed by atoms with E-state index in [0.717, 1.165) is 5.56 Å². The molecule has 0 spiro atoms. The van der Waals surface area contributed by atoms with Crippen LogP contribution in [0.2, 0.25) is 0 Å². The number of aromatic nitrogens is 2. The highest BCUT2D eigenvalue weighted by Crippen LogP contribution is 2.01. The van der Waals surface area contributed by atoms with E-state index in [-0.39, 0.29) is 12.5 Å². The number of esters is 1. The normalized spacial score (nSPS) is 10.6. The summed E-state index contributed by atoms with van der Waals surface area (Å²) in [6, 6.07) is 0. The van der Waals surface area contributed by atoms with Gasteiger partial charge in [-0.25, -0.2) is 0 Å². The first-order valence-electron chi connectivity index (χ1n) is 5.59. The van der Waals surface area contributed by atoms with E-state index in [0.29, 0.717) is 6.54 Å². The molecule has 6 heteroatoms. The summed E-state index contributed by atoms with van der Waals surface area (Å²) in [6.45, 7) is 2.22. The highest BCUT2D eigenvalue weighted by atomic mass is 16.5. The molecule has 1 aromatic rings. The molecule has 0 atom stereocenters. The number of hydrogen-bond donors (Lipinski definition) is 0. The van der Waals surface area contributed by atoms with Crippen LogP contribution in [0.15, 0.2) is 18.5 Å². The molecule has 1 aromatic heterocycles. The quantitative estimate of drug-likeness (QED) is 0.563. The van der Waals surface area contributed by atoms with Crippen LogP contribution in [0, 0.1) is 0 Å². The molecular weight excluding hydrogens is 234 g/mol. The van der Waals surface area contributed by atoms with Crippen LogP contribution in [-0.2, 0) is 21.4 Å². The number of amides is 1. The van der Waals surface area contributed by atoms with E-state index in [9.17, 15) is 9.59 Å². The molecule has 0 saturated heterocycles. The van der Waals surface area contributed by atoms with Crippen LogP contribution in [-0.4, -0.2) is 46.8 Å². The van der Waals surface area contributed by atoms with Gasteiger partial charge in [-0.15, -0.1) is 0 Å². The van der Waals surface area contributed by atoms with Crippen molar-refractivity contribution >= 4 is 18.0 Å². The summed E-state index contributed by atoms with van der Waals surface area (Å²) >= 11 is 0. The Morgan fingerprint density at radius 1 is 1.56 bits per heavy atom. The zero-order valence-electron chi connectivity index (χ0n) is 10.8. The summed E-state index contributed by atoms with van der Waals surface area (Å²) in [6.07, 6.45) is 6.53. The average molecular weight is 251 g/mol. The monoisotopic (exact) mass is 251 g/mol. The first-order valence-corrected chi connectivity index (χ1v) is 5.59. The van der Waals surface area contributed by atoms with Gasteiger partial charge in [-0.05, 0) is 13.0 Å². The fourth-order valence-corrected chi connectivity index (χ4v) is 1.37. The van der Waals surface area contributed by atoms with E-state index in [1.807, 2.05) is 0 Å². The third-order valence-corrected chi connectivity index (χ3v) is 2.38. The van der Waals surface area contributed by atoms with Gasteiger partial charge in [-0.3, -0.25) is 14.3 Å². The van der Waals surface area contributed by atoms with Crippen molar-refractivity contribution < 1.29 is 14.3 Å². The second-order valence-corrected chi connectivity index (χ2v) is 3.71. The fraction of sp³-hybridized carbons (Fsp3) is 0.417. The third-order valence-electron chi connectivity index (χ3n) is 2.38. The minimum Gasteiger partial charge on any atom is -0.468 e. The van der Waals surface area contributed by atoms with Crippen LogP contribution in [0.1, 0.15) is 12.5 Å². The number of carbonyl (C=O) groups excluding carboxylic acids is 2. The van der Waals surface area contributed by atoms with Crippen molar-refractivity contribution in [2.45, 2.75) is 6.92 Å². The Hall–Kier alpha value is -2.11. The summed E-state index contributed by atoms with van der Waals surface area (Å²) in [5.41, 5.74) is 0.833. The van der Waals surface area contributed by atoms with Gasteiger partial charge in [0.2, 0.25) is 5.91 Å². The molecular formula is C12H17N3O3. The zero-order chi connectivity index (χ0) is 13.5. The highest BCUT2D eigenvalue weighted by Gasteiger charge is 2.13. The van der Waals surface area contributed by atoms with Gasteiger partial charge in [-0.2, -0.15) is 5.10 Å². The molecule has 0 saturated carbocycles. The molecule has 0 aromatic carbocycles. The molecule has 1 heterocycles. The van der Waals surface area contributed by atoms with E-state index in [1.54, 1.807) is 37.1 Å². The van der Waals surface area contributed by atoms with Crippen molar-refractivity contribution in [1.29, 1.82) is 0 Å². The van der Waals surface area contributed by atoms with Crippen molar-refractivity contribution in [2.75, 3.05) is 20.2 Å². The minimum atomic E-state index is -0.431. The van der Waals surface area contributed by atoms with Gasteiger partial charge in [0.25, 0.3) is 0 Å². The van der Waals surface area contributed by atoms with Crippen molar-refractivity contribution in [2.24, 2.45) is 7.05 Å². The molecule has 1 rings (SSSR count). The predicted octanol–water partition coefficient (Wildman–Crippen LogP) is 0.455. The first-order chi connectivity index (χ1) is 8.56. The molecule has 6 nitrogen and oxygen atoms in total. The molecule has 1 amide bonds. The predicted molar refractivity (Wildman–Crippen MR) is 66.5 cm³/mol. The lowest BCUT2D eigenvalue weighted by Crippen LogP contribution is -2.34. The Morgan fingerprint density at radius 3 is 2.78 bits per heavy atom. The summed E-state index contributed by atoms with van der Waals surface area (Å²) in [7, 11) is 3.10. The maximum atomic E-state index is 11.8. The molecule has 0 N–H and O–H groups in total. The molecule has 98 valence electrons. The van der Waals surface area contributed by atoms with Gasteiger partial charge in [0.05, 0.1) is 13.3 Å². The van der Waals surface area contributed by atoms with Gasteiger partial charge in [-0.1, -0.05) is 0 Å². The van der Waals surface area contributed by atoms with Crippen molar-refractivity contribution in [3.8, 4) is 0 Å². The molecule has 0 aliphatic rings. The lowest BCUT2D eigenvalue weighted by Gasteiger charge is -2.17. The molecule has 0 fully saturated rings. The number of likely N-dealkylation sites (N-methyl/N-ethyl adjacent to an activating group) is 1. The van der Waals surface area contributed by atoms with Crippen LogP contribution in [0.5, 0.6) is 0 Å². The smallest absolute Gasteiger partial charge is 0.325 e. The fourth-order valence-electron chi connectivity index (χ4n) is 1.37. The number of carbonyl (C=O) groups is 2. The van der Waals surface area contributed by atoms with Gasteiger partial charge < -0.3 is 9.64 Å². The van der Waals surface area contributed by atoms with E-state index in [4.69, 9.17) is 0 Å². The molecule has 0 aliphatic carbocycles. The van der Waals surface area contributed by atoms with Crippen LogP contribution in [0.4, 0.5) is 0 Å². The zero-order valence-corrected chi connectivity index (χ0v) is 10.8. The van der Waals surface area contributed by atoms with Crippen LogP contribution >= 0.6 is 0 Å². The van der Waals surface area contributed by atoms with Crippen molar-refractivity contribution in [3.05, 3.63) is 24.0 Å². The average Bonchev–Trinajstić information content (AvgIpc) is 2.78. The number of aryl methyl sites for hydroxylation is 1. The third kappa shape index (κ3) is 4.04. The number of methoxy groups -OCH3 is 1. The number of hydrogen-bond acceptors (Lipinski definition) is 4. The summed E-state index contributed by atoms with van der Waals surface area (Å²) < 4.78 is 6.18. The van der Waals surface area contributed by atoms with Crippen LogP contribution in [0.3, 0.4) is 0 Å². The highest BCUT2D eigenvalue weighted by molar-refractivity contribution is 5.93. The van der Waals surface area contributed by atoms with Gasteiger partial charge in [0.1, 0.15) is 6.54 Å². The van der Waals surface area contributed by atoms with E-state index in [2.05, 4.69) is 9.84 Å². The second kappa shape index (κ2) is 6.58. The maximum Gasteiger partial charge on any atom is 0.325 e. The van der Waals surface area contributed by atoms with Crippen molar-refractivity contribution in [3.63, 3.8) is 0 Å². The second-order valence-electron chi connectivity index (χ2n) is 3.71. The molecule has 18 heavy (non-hydrogen) atoms. The Kier molecular flexibility index (Phi) is 5.10. The van der Waals surface area contributed by atoms with Crippen molar-refractivity contribution in [1.82, 2.24) is 14.7 Å². The topological polar surface area (TPSA) is 64.4 Å². The van der Waals surface area contributed by atoms with E-state index >= 15 is 0 Å². The molecule has 0 aliphatic heterocycles. The van der Waals surface area contributed by atoms with Gasteiger partial charge >= 0.3 is 5.97 Å². The van der Waals surface area contributed by atoms with Gasteiger partial charge in [0, 0.05) is 31.4 Å². The van der Waals surface area contributed by atoms with Gasteiger partial charge in [0.15, 0.2) is 0 Å².